The number of rotatable bonds is 6. The normalized spacial score (nSPS) is 19.7. The van der Waals surface area contributed by atoms with E-state index in [0.717, 1.165) is 56.6 Å². The summed E-state index contributed by atoms with van der Waals surface area (Å²) in [6.45, 7) is 3.78. The third-order valence-electron chi connectivity index (χ3n) is 6.57. The predicted molar refractivity (Wildman–Crippen MR) is 115 cm³/mol. The molecule has 1 aliphatic carbocycles. The molecule has 0 N–H and O–H groups in total. The van der Waals surface area contributed by atoms with Gasteiger partial charge in [0.1, 0.15) is 5.82 Å². The summed E-state index contributed by atoms with van der Waals surface area (Å²) < 4.78 is 13.0. The Balaban J connectivity index is 1.24. The molecule has 4 nitrogen and oxygen atoms in total. The van der Waals surface area contributed by atoms with Gasteiger partial charge in [-0.3, -0.25) is 9.59 Å². The number of nitrogens with zero attached hydrogens (tertiary/aromatic N) is 2. The molecule has 0 spiro atoms. The topological polar surface area (TPSA) is 40.6 Å². The molecular weight excluding hydrogens is 379 g/mol. The molecule has 1 aliphatic heterocycles. The number of ketones is 1. The van der Waals surface area contributed by atoms with E-state index < -0.39 is 0 Å². The summed E-state index contributed by atoms with van der Waals surface area (Å²) in [6, 6.07) is 14.2. The van der Waals surface area contributed by atoms with Crippen LogP contribution in [-0.2, 0) is 11.2 Å². The largest absolute Gasteiger partial charge is 0.345 e. The standard InChI is InChI=1S/C25H29FN2O2/c1-27(25(30)23-16-24(29)22-5-3-2-4-21(22)23)17-19-11-14-28(15-12-19)13-10-18-6-8-20(26)9-7-18/h2-9,19,23H,10-17H2,1H3/t23-/m1/s1. The maximum Gasteiger partial charge on any atom is 0.230 e. The molecule has 1 atom stereocenters. The molecule has 1 fully saturated rings. The predicted octanol–water partition coefficient (Wildman–Crippen LogP) is 3.91. The Hall–Kier alpha value is -2.53. The summed E-state index contributed by atoms with van der Waals surface area (Å²) in [6.07, 6.45) is 3.37. The second-order valence-corrected chi connectivity index (χ2v) is 8.65. The van der Waals surface area contributed by atoms with Gasteiger partial charge in [-0.25, -0.2) is 4.39 Å². The van der Waals surface area contributed by atoms with Crippen LogP contribution in [-0.4, -0.2) is 54.7 Å². The van der Waals surface area contributed by atoms with Crippen molar-refractivity contribution in [1.82, 2.24) is 9.80 Å². The molecule has 0 aromatic heterocycles. The van der Waals surface area contributed by atoms with Crippen molar-refractivity contribution in [3.8, 4) is 0 Å². The van der Waals surface area contributed by atoms with Crippen LogP contribution in [0, 0.1) is 11.7 Å². The van der Waals surface area contributed by atoms with E-state index in [-0.39, 0.29) is 23.4 Å². The van der Waals surface area contributed by atoms with Crippen molar-refractivity contribution in [3.05, 3.63) is 71.0 Å². The number of carbonyl (C=O) groups excluding carboxylic acids is 2. The first-order chi connectivity index (χ1) is 14.5. The minimum Gasteiger partial charge on any atom is -0.345 e. The van der Waals surface area contributed by atoms with Crippen LogP contribution in [0.5, 0.6) is 0 Å². The van der Waals surface area contributed by atoms with Crippen LogP contribution in [0.2, 0.25) is 0 Å². The number of piperidine rings is 1. The summed E-state index contributed by atoms with van der Waals surface area (Å²) in [5, 5.41) is 0. The number of likely N-dealkylation sites (tertiary alicyclic amines) is 1. The van der Waals surface area contributed by atoms with Crippen molar-refractivity contribution in [2.24, 2.45) is 5.92 Å². The van der Waals surface area contributed by atoms with E-state index in [4.69, 9.17) is 0 Å². The van der Waals surface area contributed by atoms with Gasteiger partial charge in [-0.2, -0.15) is 0 Å². The van der Waals surface area contributed by atoms with Crippen LogP contribution >= 0.6 is 0 Å². The van der Waals surface area contributed by atoms with Gasteiger partial charge in [0, 0.05) is 32.1 Å². The number of benzene rings is 2. The lowest BCUT2D eigenvalue weighted by Gasteiger charge is -2.34. The van der Waals surface area contributed by atoms with Crippen LogP contribution < -0.4 is 0 Å². The first kappa shape index (κ1) is 20.7. The fraction of sp³-hybridized carbons (Fsp3) is 0.440. The molecule has 2 aliphatic rings. The molecule has 2 aromatic rings. The SMILES string of the molecule is CN(CC1CCN(CCc2ccc(F)cc2)CC1)C(=O)[C@@H]1CC(=O)c2ccccc21. The number of hydrogen-bond acceptors (Lipinski definition) is 3. The molecule has 1 saturated heterocycles. The lowest BCUT2D eigenvalue weighted by atomic mass is 9.94. The van der Waals surface area contributed by atoms with Crippen LogP contribution in [0.4, 0.5) is 4.39 Å². The maximum atomic E-state index is 13.0. The van der Waals surface area contributed by atoms with Gasteiger partial charge < -0.3 is 9.80 Å². The molecule has 1 amide bonds. The van der Waals surface area contributed by atoms with Crippen LogP contribution in [0.15, 0.2) is 48.5 Å². The van der Waals surface area contributed by atoms with E-state index in [1.165, 1.54) is 12.1 Å². The van der Waals surface area contributed by atoms with E-state index in [2.05, 4.69) is 4.90 Å². The average molecular weight is 409 g/mol. The molecule has 158 valence electrons. The Kier molecular flexibility index (Phi) is 6.28. The molecule has 2 aromatic carbocycles. The molecule has 0 unspecified atom stereocenters. The fourth-order valence-electron chi connectivity index (χ4n) is 4.75. The number of amides is 1. The lowest BCUT2D eigenvalue weighted by molar-refractivity contribution is -0.132. The number of likely N-dealkylation sites (N-methyl/N-ethyl adjacent to an activating group) is 1. The molecule has 5 heteroatoms. The number of hydrogen-bond donors (Lipinski definition) is 0. The zero-order valence-corrected chi connectivity index (χ0v) is 17.5. The van der Waals surface area contributed by atoms with E-state index in [9.17, 15) is 14.0 Å². The third kappa shape index (κ3) is 4.62. The van der Waals surface area contributed by atoms with Gasteiger partial charge in [-0.05, 0) is 61.5 Å². The highest BCUT2D eigenvalue weighted by molar-refractivity contribution is 6.06. The zero-order valence-electron chi connectivity index (χ0n) is 17.5. The number of carbonyl (C=O) groups is 2. The lowest BCUT2D eigenvalue weighted by Crippen LogP contribution is -2.41. The van der Waals surface area contributed by atoms with Gasteiger partial charge in [-0.15, -0.1) is 0 Å². The summed E-state index contributed by atoms with van der Waals surface area (Å²) >= 11 is 0. The number of halogens is 1. The van der Waals surface area contributed by atoms with Crippen molar-refractivity contribution in [3.63, 3.8) is 0 Å². The fourth-order valence-corrected chi connectivity index (χ4v) is 4.75. The van der Waals surface area contributed by atoms with Gasteiger partial charge in [0.05, 0.1) is 5.92 Å². The first-order valence-corrected chi connectivity index (χ1v) is 10.8. The average Bonchev–Trinajstić information content (AvgIpc) is 3.10. The second-order valence-electron chi connectivity index (χ2n) is 8.65. The van der Waals surface area contributed by atoms with E-state index in [0.29, 0.717) is 17.9 Å². The molecular formula is C25H29FN2O2. The van der Waals surface area contributed by atoms with Crippen molar-refractivity contribution in [2.75, 3.05) is 33.2 Å². The highest BCUT2D eigenvalue weighted by Gasteiger charge is 2.36. The Morgan fingerprint density at radius 2 is 1.80 bits per heavy atom. The van der Waals surface area contributed by atoms with Gasteiger partial charge in [0.25, 0.3) is 0 Å². The minimum absolute atomic E-state index is 0.0621. The quantitative estimate of drug-likeness (QED) is 0.728. The zero-order chi connectivity index (χ0) is 21.1. The van der Waals surface area contributed by atoms with Crippen LogP contribution in [0.3, 0.4) is 0 Å². The van der Waals surface area contributed by atoms with Gasteiger partial charge >= 0.3 is 0 Å². The van der Waals surface area contributed by atoms with Crippen LogP contribution in [0.25, 0.3) is 0 Å². The first-order valence-electron chi connectivity index (χ1n) is 10.8. The monoisotopic (exact) mass is 408 g/mol. The Morgan fingerprint density at radius 3 is 2.53 bits per heavy atom. The summed E-state index contributed by atoms with van der Waals surface area (Å²) in [7, 11) is 1.87. The maximum absolute atomic E-state index is 13.0. The summed E-state index contributed by atoms with van der Waals surface area (Å²) in [5.74, 6) is 0.116. The third-order valence-corrected chi connectivity index (χ3v) is 6.57. The Labute approximate surface area is 177 Å². The van der Waals surface area contributed by atoms with Crippen molar-refractivity contribution >= 4 is 11.7 Å². The van der Waals surface area contributed by atoms with Gasteiger partial charge in [-0.1, -0.05) is 36.4 Å². The van der Waals surface area contributed by atoms with E-state index in [1.807, 2.05) is 48.3 Å². The molecule has 30 heavy (non-hydrogen) atoms. The van der Waals surface area contributed by atoms with Crippen molar-refractivity contribution in [1.29, 1.82) is 0 Å². The Morgan fingerprint density at radius 1 is 1.10 bits per heavy atom. The second kappa shape index (κ2) is 9.09. The summed E-state index contributed by atoms with van der Waals surface area (Å²) in [4.78, 5) is 29.5. The number of fused-ring (bicyclic) bond motifs is 1. The van der Waals surface area contributed by atoms with Crippen molar-refractivity contribution < 1.29 is 14.0 Å². The van der Waals surface area contributed by atoms with Gasteiger partial charge in [0.15, 0.2) is 5.78 Å². The van der Waals surface area contributed by atoms with Crippen molar-refractivity contribution in [2.45, 2.75) is 31.6 Å². The highest BCUT2D eigenvalue weighted by Crippen LogP contribution is 2.34. The molecule has 0 radical (unpaired) electrons. The van der Waals surface area contributed by atoms with E-state index >= 15 is 0 Å². The smallest absolute Gasteiger partial charge is 0.230 e. The molecule has 0 bridgehead atoms. The van der Waals surface area contributed by atoms with E-state index in [1.54, 1.807) is 0 Å². The van der Waals surface area contributed by atoms with Crippen LogP contribution in [0.1, 0.15) is 46.7 Å². The molecule has 1 heterocycles. The number of Topliss-reactive ketones (excluding diaryl/α,β-unsaturated/α-hetero) is 1. The molecule has 4 rings (SSSR count). The Bertz CT molecular complexity index is 904. The van der Waals surface area contributed by atoms with Gasteiger partial charge in [0.2, 0.25) is 5.91 Å². The molecule has 0 saturated carbocycles. The highest BCUT2D eigenvalue weighted by atomic mass is 19.1. The minimum atomic E-state index is -0.325. The summed E-state index contributed by atoms with van der Waals surface area (Å²) in [5.41, 5.74) is 2.75.